The summed E-state index contributed by atoms with van der Waals surface area (Å²) in [5.41, 5.74) is 0.678. The number of ether oxygens (including phenoxy) is 1. The molecule has 1 saturated heterocycles. The van der Waals surface area contributed by atoms with Crippen molar-refractivity contribution in [2.24, 2.45) is 5.92 Å². The van der Waals surface area contributed by atoms with Crippen LogP contribution >= 0.6 is 0 Å². The monoisotopic (exact) mass is 328 g/mol. The Balaban J connectivity index is 1.72. The fraction of sp³-hybridized carbons (Fsp3) is 0.438. The quantitative estimate of drug-likeness (QED) is 0.910. The minimum absolute atomic E-state index is 0.0296. The molecule has 0 radical (unpaired) electrons. The SMILES string of the molecule is CC(C)C(=O)N1CCOC(c2cncc(Nc3ncccn3)n2)C1. The Hall–Kier alpha value is -2.61. The summed E-state index contributed by atoms with van der Waals surface area (Å²) in [6.45, 7) is 5.38. The van der Waals surface area contributed by atoms with E-state index < -0.39 is 0 Å². The Morgan fingerprint density at radius 3 is 2.88 bits per heavy atom. The molecule has 0 aliphatic carbocycles. The lowest BCUT2D eigenvalue weighted by Gasteiger charge is -2.33. The van der Waals surface area contributed by atoms with E-state index in [1.807, 2.05) is 18.7 Å². The lowest BCUT2D eigenvalue weighted by molar-refractivity contribution is -0.142. The van der Waals surface area contributed by atoms with E-state index in [1.165, 1.54) is 0 Å². The van der Waals surface area contributed by atoms with Crippen molar-refractivity contribution in [3.05, 3.63) is 36.5 Å². The molecule has 1 aliphatic heterocycles. The minimum Gasteiger partial charge on any atom is -0.368 e. The highest BCUT2D eigenvalue weighted by molar-refractivity contribution is 5.78. The number of amides is 1. The van der Waals surface area contributed by atoms with E-state index in [-0.39, 0.29) is 17.9 Å². The smallest absolute Gasteiger partial charge is 0.228 e. The maximum atomic E-state index is 12.2. The first-order valence-electron chi connectivity index (χ1n) is 7.90. The van der Waals surface area contributed by atoms with Crippen molar-refractivity contribution < 1.29 is 9.53 Å². The zero-order chi connectivity index (χ0) is 16.9. The summed E-state index contributed by atoms with van der Waals surface area (Å²) in [6.07, 6.45) is 6.26. The van der Waals surface area contributed by atoms with Crippen LogP contribution in [-0.2, 0) is 9.53 Å². The lowest BCUT2D eigenvalue weighted by Crippen LogP contribution is -2.44. The van der Waals surface area contributed by atoms with E-state index >= 15 is 0 Å². The molecule has 0 bridgehead atoms. The second-order valence-electron chi connectivity index (χ2n) is 5.82. The first kappa shape index (κ1) is 16.3. The fourth-order valence-corrected chi connectivity index (χ4v) is 2.47. The number of carbonyl (C=O) groups excluding carboxylic acids is 1. The van der Waals surface area contributed by atoms with Crippen molar-refractivity contribution in [2.75, 3.05) is 25.0 Å². The molecule has 1 aliphatic rings. The summed E-state index contributed by atoms with van der Waals surface area (Å²) in [6, 6.07) is 1.74. The average molecular weight is 328 g/mol. The summed E-state index contributed by atoms with van der Waals surface area (Å²) in [7, 11) is 0. The van der Waals surface area contributed by atoms with Crippen LogP contribution < -0.4 is 5.32 Å². The highest BCUT2D eigenvalue weighted by atomic mass is 16.5. The second-order valence-corrected chi connectivity index (χ2v) is 5.82. The largest absolute Gasteiger partial charge is 0.368 e. The molecule has 1 fully saturated rings. The third-order valence-electron chi connectivity index (χ3n) is 3.66. The molecule has 8 nitrogen and oxygen atoms in total. The van der Waals surface area contributed by atoms with Crippen LogP contribution in [0.5, 0.6) is 0 Å². The number of rotatable bonds is 4. The number of morpholine rings is 1. The van der Waals surface area contributed by atoms with Gasteiger partial charge in [0, 0.05) is 24.9 Å². The van der Waals surface area contributed by atoms with Gasteiger partial charge in [0.15, 0.2) is 5.82 Å². The van der Waals surface area contributed by atoms with Gasteiger partial charge in [0.1, 0.15) is 6.10 Å². The van der Waals surface area contributed by atoms with Gasteiger partial charge >= 0.3 is 0 Å². The van der Waals surface area contributed by atoms with Gasteiger partial charge in [-0.25, -0.2) is 15.0 Å². The van der Waals surface area contributed by atoms with Crippen molar-refractivity contribution >= 4 is 17.7 Å². The van der Waals surface area contributed by atoms with Crippen LogP contribution in [0.15, 0.2) is 30.9 Å². The van der Waals surface area contributed by atoms with E-state index in [4.69, 9.17) is 4.74 Å². The van der Waals surface area contributed by atoms with Crippen LogP contribution in [-0.4, -0.2) is 50.4 Å². The molecule has 0 spiro atoms. The second kappa shape index (κ2) is 7.31. The number of carbonyl (C=O) groups is 1. The summed E-state index contributed by atoms with van der Waals surface area (Å²) < 4.78 is 5.77. The molecule has 3 heterocycles. The number of nitrogens with one attached hydrogen (secondary N) is 1. The summed E-state index contributed by atoms with van der Waals surface area (Å²) in [5, 5.41) is 3.00. The zero-order valence-electron chi connectivity index (χ0n) is 13.7. The van der Waals surface area contributed by atoms with Gasteiger partial charge < -0.3 is 15.0 Å². The topological polar surface area (TPSA) is 93.1 Å². The normalized spacial score (nSPS) is 17.8. The average Bonchev–Trinajstić information content (AvgIpc) is 2.62. The Morgan fingerprint density at radius 2 is 2.12 bits per heavy atom. The predicted molar refractivity (Wildman–Crippen MR) is 87.5 cm³/mol. The van der Waals surface area contributed by atoms with Crippen LogP contribution in [0.2, 0.25) is 0 Å². The van der Waals surface area contributed by atoms with Gasteiger partial charge in [-0.2, -0.15) is 0 Å². The predicted octanol–water partition coefficient (Wildman–Crippen LogP) is 1.57. The van der Waals surface area contributed by atoms with Gasteiger partial charge in [0.2, 0.25) is 11.9 Å². The van der Waals surface area contributed by atoms with Gasteiger partial charge in [-0.05, 0) is 6.07 Å². The van der Waals surface area contributed by atoms with E-state index in [0.717, 1.165) is 0 Å². The molecular formula is C16H20N6O2. The Labute approximate surface area is 140 Å². The van der Waals surface area contributed by atoms with E-state index in [1.54, 1.807) is 30.9 Å². The van der Waals surface area contributed by atoms with Crippen LogP contribution in [0.1, 0.15) is 25.6 Å². The molecule has 1 amide bonds. The van der Waals surface area contributed by atoms with Crippen molar-refractivity contribution in [3.8, 4) is 0 Å². The lowest BCUT2D eigenvalue weighted by atomic mass is 10.1. The summed E-state index contributed by atoms with van der Waals surface area (Å²) in [5.74, 6) is 1.08. The van der Waals surface area contributed by atoms with Gasteiger partial charge in [-0.1, -0.05) is 13.8 Å². The van der Waals surface area contributed by atoms with Crippen LogP contribution in [0, 0.1) is 5.92 Å². The molecule has 1 N–H and O–H groups in total. The molecule has 1 unspecified atom stereocenters. The molecule has 2 aromatic heterocycles. The first-order chi connectivity index (χ1) is 11.6. The number of aromatic nitrogens is 4. The van der Waals surface area contributed by atoms with Crippen molar-refractivity contribution in [3.63, 3.8) is 0 Å². The van der Waals surface area contributed by atoms with Crippen LogP contribution in [0.4, 0.5) is 11.8 Å². The van der Waals surface area contributed by atoms with Crippen molar-refractivity contribution in [1.82, 2.24) is 24.8 Å². The molecule has 8 heteroatoms. The fourth-order valence-electron chi connectivity index (χ4n) is 2.47. The number of anilines is 2. The van der Waals surface area contributed by atoms with Crippen molar-refractivity contribution in [2.45, 2.75) is 20.0 Å². The van der Waals surface area contributed by atoms with E-state index in [9.17, 15) is 4.79 Å². The van der Waals surface area contributed by atoms with Crippen molar-refractivity contribution in [1.29, 1.82) is 0 Å². The van der Waals surface area contributed by atoms with Gasteiger partial charge in [-0.15, -0.1) is 0 Å². The minimum atomic E-state index is -0.285. The Bertz CT molecular complexity index is 694. The third kappa shape index (κ3) is 3.83. The van der Waals surface area contributed by atoms with E-state index in [2.05, 4.69) is 25.3 Å². The summed E-state index contributed by atoms with van der Waals surface area (Å²) >= 11 is 0. The van der Waals surface area contributed by atoms with Gasteiger partial charge in [0.25, 0.3) is 0 Å². The molecule has 0 aromatic carbocycles. The Morgan fingerprint density at radius 1 is 1.33 bits per heavy atom. The summed E-state index contributed by atoms with van der Waals surface area (Å²) in [4.78, 5) is 30.9. The number of hydrogen-bond donors (Lipinski definition) is 1. The van der Waals surface area contributed by atoms with Crippen LogP contribution in [0.3, 0.4) is 0 Å². The van der Waals surface area contributed by atoms with Gasteiger partial charge in [-0.3, -0.25) is 9.78 Å². The highest BCUT2D eigenvalue weighted by Gasteiger charge is 2.27. The Kier molecular flexibility index (Phi) is 4.95. The molecular weight excluding hydrogens is 308 g/mol. The maximum Gasteiger partial charge on any atom is 0.228 e. The molecule has 2 aromatic rings. The number of hydrogen-bond acceptors (Lipinski definition) is 7. The van der Waals surface area contributed by atoms with E-state index in [0.29, 0.717) is 37.2 Å². The third-order valence-corrected chi connectivity index (χ3v) is 3.66. The van der Waals surface area contributed by atoms with Crippen LogP contribution in [0.25, 0.3) is 0 Å². The maximum absolute atomic E-state index is 12.2. The highest BCUT2D eigenvalue weighted by Crippen LogP contribution is 2.22. The first-order valence-corrected chi connectivity index (χ1v) is 7.90. The molecule has 1 atom stereocenters. The molecule has 0 saturated carbocycles. The molecule has 3 rings (SSSR count). The molecule has 24 heavy (non-hydrogen) atoms. The zero-order valence-corrected chi connectivity index (χ0v) is 13.7. The van der Waals surface area contributed by atoms with Gasteiger partial charge in [0.05, 0.1) is 31.2 Å². The number of nitrogens with zero attached hydrogens (tertiary/aromatic N) is 5. The molecule has 126 valence electrons. The standard InChI is InChI=1S/C16H20N6O2/c1-11(2)15(23)22-6-7-24-13(10-22)12-8-17-9-14(20-12)21-16-18-4-3-5-19-16/h3-5,8-9,11,13H,6-7,10H2,1-2H3,(H,18,19,20,21).